The number of nitrogens with zero attached hydrogens (tertiary/aromatic N) is 2. The molecular weight excluding hydrogens is 278 g/mol. The summed E-state index contributed by atoms with van der Waals surface area (Å²) in [5.41, 5.74) is 1.05. The third-order valence-electron chi connectivity index (χ3n) is 2.96. The molecular formula is C13H17N3O3S. The van der Waals surface area contributed by atoms with Crippen molar-refractivity contribution in [2.24, 2.45) is 0 Å². The number of carbonyl (C=O) groups is 1. The zero-order valence-corrected chi connectivity index (χ0v) is 12.5. The molecule has 20 heavy (non-hydrogen) atoms. The molecule has 108 valence electrons. The number of carbonyl (C=O) groups excluding carboxylic acids is 1. The normalized spacial score (nSPS) is 11.2. The van der Waals surface area contributed by atoms with E-state index in [1.54, 1.807) is 6.92 Å². The zero-order valence-electron chi connectivity index (χ0n) is 11.7. The number of nitrogens with one attached hydrogen (secondary N) is 1. The monoisotopic (exact) mass is 295 g/mol. The van der Waals surface area contributed by atoms with E-state index < -0.39 is 10.0 Å². The topological polar surface area (TPSA) is 90.3 Å². The number of rotatable bonds is 5. The van der Waals surface area contributed by atoms with Gasteiger partial charge in [-0.25, -0.2) is 12.7 Å². The molecule has 1 rings (SSSR count). The summed E-state index contributed by atoms with van der Waals surface area (Å²) in [5.74, 6) is -0.219. The first-order chi connectivity index (χ1) is 9.32. The molecule has 0 unspecified atom stereocenters. The second-order valence-corrected chi connectivity index (χ2v) is 6.38. The van der Waals surface area contributed by atoms with Crippen LogP contribution < -0.4 is 5.32 Å². The highest BCUT2D eigenvalue weighted by Crippen LogP contribution is 2.18. The molecule has 0 spiro atoms. The van der Waals surface area contributed by atoms with E-state index in [1.807, 2.05) is 6.07 Å². The summed E-state index contributed by atoms with van der Waals surface area (Å²) < 4.78 is 25.7. The minimum atomic E-state index is -3.65. The van der Waals surface area contributed by atoms with Crippen LogP contribution in [0, 0.1) is 18.3 Å². The Bertz CT molecular complexity index is 647. The SMILES string of the molecule is CNC(=O)CCN(C)S(=O)(=O)c1ccc(C#N)c(C)c1. The molecule has 6 nitrogen and oxygen atoms in total. The van der Waals surface area contributed by atoms with Gasteiger partial charge in [-0.15, -0.1) is 0 Å². The zero-order chi connectivity index (χ0) is 15.3. The van der Waals surface area contributed by atoms with Crippen molar-refractivity contribution in [2.45, 2.75) is 18.2 Å². The molecule has 0 fully saturated rings. The van der Waals surface area contributed by atoms with Crippen molar-refractivity contribution in [2.75, 3.05) is 20.6 Å². The van der Waals surface area contributed by atoms with E-state index in [4.69, 9.17) is 5.26 Å². The van der Waals surface area contributed by atoms with E-state index in [0.717, 1.165) is 4.31 Å². The predicted molar refractivity (Wildman–Crippen MR) is 74.4 cm³/mol. The minimum absolute atomic E-state index is 0.0983. The van der Waals surface area contributed by atoms with Crippen LogP contribution in [-0.4, -0.2) is 39.3 Å². The van der Waals surface area contributed by atoms with Crippen LogP contribution in [0.2, 0.25) is 0 Å². The molecule has 7 heteroatoms. The van der Waals surface area contributed by atoms with Crippen LogP contribution in [-0.2, 0) is 14.8 Å². The van der Waals surface area contributed by atoms with Crippen molar-refractivity contribution >= 4 is 15.9 Å². The van der Waals surface area contributed by atoms with E-state index in [0.29, 0.717) is 11.1 Å². The van der Waals surface area contributed by atoms with Crippen molar-refractivity contribution in [3.8, 4) is 6.07 Å². The number of benzene rings is 1. The molecule has 1 aromatic rings. The molecule has 0 heterocycles. The molecule has 0 saturated carbocycles. The summed E-state index contributed by atoms with van der Waals surface area (Å²) >= 11 is 0. The average Bonchev–Trinajstić information content (AvgIpc) is 2.43. The standard InChI is InChI=1S/C13H17N3O3S/c1-10-8-12(5-4-11(10)9-14)20(18,19)16(3)7-6-13(17)15-2/h4-5,8H,6-7H2,1-3H3,(H,15,17). The van der Waals surface area contributed by atoms with Gasteiger partial charge in [0.1, 0.15) is 0 Å². The maximum atomic E-state index is 12.3. The van der Waals surface area contributed by atoms with Crippen LogP contribution in [0.5, 0.6) is 0 Å². The Balaban J connectivity index is 2.96. The third-order valence-corrected chi connectivity index (χ3v) is 4.81. The number of sulfonamides is 1. The molecule has 0 aliphatic heterocycles. The molecule has 0 aromatic heterocycles. The summed E-state index contributed by atoms with van der Waals surface area (Å²) in [5, 5.41) is 11.3. The summed E-state index contributed by atoms with van der Waals surface area (Å²) in [4.78, 5) is 11.3. The lowest BCUT2D eigenvalue weighted by atomic mass is 10.1. The molecule has 0 radical (unpaired) electrons. The lowest BCUT2D eigenvalue weighted by Crippen LogP contribution is -2.31. The lowest BCUT2D eigenvalue weighted by Gasteiger charge is -2.17. The Labute approximate surface area is 119 Å². The molecule has 1 aromatic carbocycles. The Morgan fingerprint density at radius 2 is 2.10 bits per heavy atom. The second-order valence-electron chi connectivity index (χ2n) is 4.34. The Morgan fingerprint density at radius 1 is 1.45 bits per heavy atom. The van der Waals surface area contributed by atoms with Gasteiger partial charge in [-0.3, -0.25) is 4.79 Å². The number of nitriles is 1. The van der Waals surface area contributed by atoms with Crippen LogP contribution in [0.25, 0.3) is 0 Å². The summed E-state index contributed by atoms with van der Waals surface area (Å²) in [6, 6.07) is 6.33. The highest BCUT2D eigenvalue weighted by molar-refractivity contribution is 7.89. The number of amides is 1. The first-order valence-corrected chi connectivity index (χ1v) is 7.44. The van der Waals surface area contributed by atoms with Gasteiger partial charge in [0.25, 0.3) is 0 Å². The molecule has 1 N–H and O–H groups in total. The van der Waals surface area contributed by atoms with Gasteiger partial charge in [0, 0.05) is 27.1 Å². The predicted octanol–water partition coefficient (Wildman–Crippen LogP) is 0.623. The summed E-state index contributed by atoms with van der Waals surface area (Å²) in [6.45, 7) is 1.78. The molecule has 0 atom stereocenters. The Morgan fingerprint density at radius 3 is 2.60 bits per heavy atom. The maximum Gasteiger partial charge on any atom is 0.242 e. The Kier molecular flexibility index (Phi) is 5.25. The Hall–Kier alpha value is -1.91. The number of aryl methyl sites for hydroxylation is 1. The number of hydrogen-bond donors (Lipinski definition) is 1. The first-order valence-electron chi connectivity index (χ1n) is 6.00. The first kappa shape index (κ1) is 16.1. The molecule has 0 saturated heterocycles. The van der Waals surface area contributed by atoms with Crippen LogP contribution in [0.3, 0.4) is 0 Å². The molecule has 0 bridgehead atoms. The fourth-order valence-corrected chi connectivity index (χ4v) is 2.86. The van der Waals surface area contributed by atoms with Gasteiger partial charge in [0.15, 0.2) is 0 Å². The lowest BCUT2D eigenvalue weighted by molar-refractivity contribution is -0.120. The quantitative estimate of drug-likeness (QED) is 0.862. The van der Waals surface area contributed by atoms with Crippen molar-refractivity contribution in [1.82, 2.24) is 9.62 Å². The van der Waals surface area contributed by atoms with Crippen molar-refractivity contribution in [3.63, 3.8) is 0 Å². The van der Waals surface area contributed by atoms with Gasteiger partial charge in [0.2, 0.25) is 15.9 Å². The fourth-order valence-electron chi connectivity index (χ4n) is 1.61. The van der Waals surface area contributed by atoms with Gasteiger partial charge in [-0.1, -0.05) is 0 Å². The van der Waals surface area contributed by atoms with Gasteiger partial charge in [-0.2, -0.15) is 5.26 Å². The average molecular weight is 295 g/mol. The maximum absolute atomic E-state index is 12.3. The molecule has 0 aliphatic rings. The molecule has 1 amide bonds. The smallest absolute Gasteiger partial charge is 0.242 e. The fraction of sp³-hybridized carbons (Fsp3) is 0.385. The minimum Gasteiger partial charge on any atom is -0.359 e. The second kappa shape index (κ2) is 6.50. The van der Waals surface area contributed by atoms with E-state index in [2.05, 4.69) is 5.32 Å². The van der Waals surface area contributed by atoms with Crippen molar-refractivity contribution < 1.29 is 13.2 Å². The highest BCUT2D eigenvalue weighted by Gasteiger charge is 2.21. The third kappa shape index (κ3) is 3.56. The van der Waals surface area contributed by atoms with Crippen LogP contribution >= 0.6 is 0 Å². The van der Waals surface area contributed by atoms with Crippen LogP contribution in [0.15, 0.2) is 23.1 Å². The molecule has 0 aliphatic carbocycles. The van der Waals surface area contributed by atoms with Crippen molar-refractivity contribution in [3.05, 3.63) is 29.3 Å². The van der Waals surface area contributed by atoms with Gasteiger partial charge >= 0.3 is 0 Å². The highest BCUT2D eigenvalue weighted by atomic mass is 32.2. The van der Waals surface area contributed by atoms with Gasteiger partial charge < -0.3 is 5.32 Å². The van der Waals surface area contributed by atoms with Crippen LogP contribution in [0.1, 0.15) is 17.5 Å². The van der Waals surface area contributed by atoms with Crippen LogP contribution in [0.4, 0.5) is 0 Å². The van der Waals surface area contributed by atoms with E-state index in [1.165, 1.54) is 32.3 Å². The van der Waals surface area contributed by atoms with Crippen molar-refractivity contribution in [1.29, 1.82) is 5.26 Å². The van der Waals surface area contributed by atoms with E-state index >= 15 is 0 Å². The van der Waals surface area contributed by atoms with Gasteiger partial charge in [0.05, 0.1) is 16.5 Å². The summed E-state index contributed by atoms with van der Waals surface area (Å²) in [6.07, 6.45) is 0.0987. The van der Waals surface area contributed by atoms with E-state index in [-0.39, 0.29) is 23.8 Å². The van der Waals surface area contributed by atoms with E-state index in [9.17, 15) is 13.2 Å². The largest absolute Gasteiger partial charge is 0.359 e. The number of hydrogen-bond acceptors (Lipinski definition) is 4. The summed E-state index contributed by atoms with van der Waals surface area (Å²) in [7, 11) is -0.723. The van der Waals surface area contributed by atoms with Gasteiger partial charge in [-0.05, 0) is 30.7 Å².